The van der Waals surface area contributed by atoms with E-state index < -0.39 is 21.0 Å². The molecule has 0 spiro atoms. The van der Waals surface area contributed by atoms with Crippen LogP contribution in [0.4, 0.5) is 11.4 Å². The number of nitrogens with zero attached hydrogens (tertiary/aromatic N) is 3. The number of non-ortho nitro benzene ring substituents is 1. The summed E-state index contributed by atoms with van der Waals surface area (Å²) >= 11 is 0. The minimum atomic E-state index is -3.67. The van der Waals surface area contributed by atoms with Crippen molar-refractivity contribution >= 4 is 38.1 Å². The lowest BCUT2D eigenvalue weighted by atomic mass is 10.1. The normalized spacial score (nSPS) is 16.1. The van der Waals surface area contributed by atoms with Crippen molar-refractivity contribution in [1.82, 2.24) is 9.21 Å². The number of methoxy groups -OCH3 is 1. The minimum absolute atomic E-state index is 0.165. The maximum atomic E-state index is 13.2. The minimum Gasteiger partial charge on any atom is -0.495 e. The number of piperazine rings is 1. The molecule has 35 heavy (non-hydrogen) atoms. The van der Waals surface area contributed by atoms with Crippen molar-refractivity contribution in [3.8, 4) is 5.75 Å². The van der Waals surface area contributed by atoms with Gasteiger partial charge >= 0.3 is 0 Å². The number of benzene rings is 3. The first-order valence-corrected chi connectivity index (χ1v) is 12.5. The number of hydrogen-bond acceptors (Lipinski definition) is 7. The van der Waals surface area contributed by atoms with Crippen LogP contribution in [-0.4, -0.2) is 67.8 Å². The predicted octanol–water partition coefficient (Wildman–Crippen LogP) is 3.09. The number of nitro groups is 1. The van der Waals surface area contributed by atoms with Crippen LogP contribution in [0.25, 0.3) is 10.8 Å². The quantitative estimate of drug-likeness (QED) is 0.392. The van der Waals surface area contributed by atoms with Crippen LogP contribution in [0.15, 0.2) is 65.6 Å². The number of sulfonamides is 1. The van der Waals surface area contributed by atoms with Crippen LogP contribution in [0, 0.1) is 10.1 Å². The first kappa shape index (κ1) is 24.6. The highest BCUT2D eigenvalue weighted by Crippen LogP contribution is 2.29. The van der Waals surface area contributed by atoms with Gasteiger partial charge in [-0.1, -0.05) is 30.3 Å². The predicted molar refractivity (Wildman–Crippen MR) is 132 cm³/mol. The van der Waals surface area contributed by atoms with E-state index in [1.54, 1.807) is 25.1 Å². The Hall–Kier alpha value is -3.54. The van der Waals surface area contributed by atoms with Crippen LogP contribution in [0.1, 0.15) is 6.92 Å². The summed E-state index contributed by atoms with van der Waals surface area (Å²) in [5.74, 6) is -0.0583. The largest absolute Gasteiger partial charge is 0.495 e. The van der Waals surface area contributed by atoms with Gasteiger partial charge in [0.25, 0.3) is 5.69 Å². The van der Waals surface area contributed by atoms with Gasteiger partial charge in [0.05, 0.1) is 28.7 Å². The Morgan fingerprint density at radius 3 is 2.37 bits per heavy atom. The lowest BCUT2D eigenvalue weighted by Crippen LogP contribution is -2.53. The van der Waals surface area contributed by atoms with Crippen LogP contribution in [-0.2, 0) is 14.8 Å². The Morgan fingerprint density at radius 1 is 1.03 bits per heavy atom. The number of carbonyl (C=O) groups excluding carboxylic acids is 1. The van der Waals surface area contributed by atoms with Crippen molar-refractivity contribution in [2.24, 2.45) is 0 Å². The molecule has 1 aliphatic heterocycles. The summed E-state index contributed by atoms with van der Waals surface area (Å²) in [6.07, 6.45) is 0. The fraction of sp³-hybridized carbons (Fsp3) is 0.292. The molecule has 1 saturated heterocycles. The number of nitro benzene ring substituents is 1. The summed E-state index contributed by atoms with van der Waals surface area (Å²) in [4.78, 5) is 25.5. The zero-order valence-corrected chi connectivity index (χ0v) is 20.2. The Bertz CT molecular complexity index is 1370. The van der Waals surface area contributed by atoms with Crippen molar-refractivity contribution in [3.63, 3.8) is 0 Å². The van der Waals surface area contributed by atoms with E-state index >= 15 is 0 Å². The zero-order chi connectivity index (χ0) is 25.2. The third-order valence-corrected chi connectivity index (χ3v) is 8.11. The molecule has 1 heterocycles. The number of anilines is 1. The SMILES string of the molecule is COc1ccc([N+](=O)[O-])cc1NC(=O)C(C)N1CCN(S(=O)(=O)c2ccc3ccccc3c2)CC1. The molecule has 0 aliphatic carbocycles. The first-order valence-electron chi connectivity index (χ1n) is 11.1. The molecule has 4 rings (SSSR count). The number of amides is 1. The van der Waals surface area contributed by atoms with E-state index in [4.69, 9.17) is 4.74 Å². The summed E-state index contributed by atoms with van der Waals surface area (Å²) in [6, 6.07) is 16.1. The molecule has 1 atom stereocenters. The van der Waals surface area contributed by atoms with Gasteiger partial charge in [0.2, 0.25) is 15.9 Å². The number of nitrogens with one attached hydrogen (secondary N) is 1. The van der Waals surface area contributed by atoms with Crippen molar-refractivity contribution in [2.75, 3.05) is 38.6 Å². The molecule has 10 nitrogen and oxygen atoms in total. The third kappa shape index (κ3) is 5.11. The monoisotopic (exact) mass is 498 g/mol. The number of fused-ring (bicyclic) bond motifs is 1. The standard InChI is InChI=1S/C24H26N4O6S/c1-17(24(29)25-22-16-20(28(30)31)8-10-23(22)34-2)26-11-13-27(14-12-26)35(32,33)21-9-7-18-5-3-4-6-19(18)15-21/h3-10,15-17H,11-14H2,1-2H3,(H,25,29). The van der Waals surface area contributed by atoms with Gasteiger partial charge in [-0.15, -0.1) is 0 Å². The van der Waals surface area contributed by atoms with Gasteiger partial charge in [0, 0.05) is 38.3 Å². The molecule has 184 valence electrons. The summed E-state index contributed by atoms with van der Waals surface area (Å²) in [5.41, 5.74) is 0.0392. The van der Waals surface area contributed by atoms with Gasteiger partial charge in [0.15, 0.2) is 0 Å². The molecule has 0 bridgehead atoms. The van der Waals surface area contributed by atoms with Gasteiger partial charge in [0.1, 0.15) is 5.75 Å². The van der Waals surface area contributed by atoms with E-state index in [1.807, 2.05) is 29.2 Å². The average Bonchev–Trinajstić information content (AvgIpc) is 2.87. The Labute approximate surface area is 203 Å². The van der Waals surface area contributed by atoms with Gasteiger partial charge in [-0.2, -0.15) is 4.31 Å². The second-order valence-corrected chi connectivity index (χ2v) is 10.2. The van der Waals surface area contributed by atoms with Crippen molar-refractivity contribution in [3.05, 3.63) is 70.8 Å². The number of carbonyl (C=O) groups is 1. The van der Waals surface area contributed by atoms with Gasteiger partial charge in [-0.05, 0) is 35.9 Å². The molecule has 11 heteroatoms. The molecule has 1 amide bonds. The number of ether oxygens (including phenoxy) is 1. The Kier molecular flexibility index (Phi) is 7.01. The molecule has 1 aliphatic rings. The molecular weight excluding hydrogens is 472 g/mol. The van der Waals surface area contributed by atoms with Crippen LogP contribution < -0.4 is 10.1 Å². The Morgan fingerprint density at radius 2 is 1.71 bits per heavy atom. The fourth-order valence-electron chi connectivity index (χ4n) is 4.12. The maximum Gasteiger partial charge on any atom is 0.271 e. The zero-order valence-electron chi connectivity index (χ0n) is 19.4. The van der Waals surface area contributed by atoms with E-state index in [0.29, 0.717) is 18.8 Å². The Balaban J connectivity index is 1.42. The summed E-state index contributed by atoms with van der Waals surface area (Å²) in [7, 11) is -2.26. The van der Waals surface area contributed by atoms with Crippen LogP contribution in [0.3, 0.4) is 0 Å². The van der Waals surface area contributed by atoms with Gasteiger partial charge in [-0.3, -0.25) is 19.8 Å². The average molecular weight is 499 g/mol. The molecule has 1 N–H and O–H groups in total. The number of hydrogen-bond donors (Lipinski definition) is 1. The smallest absolute Gasteiger partial charge is 0.271 e. The van der Waals surface area contributed by atoms with E-state index in [9.17, 15) is 23.3 Å². The highest BCUT2D eigenvalue weighted by Gasteiger charge is 2.32. The molecule has 0 radical (unpaired) electrons. The van der Waals surface area contributed by atoms with E-state index in [-0.39, 0.29) is 35.3 Å². The molecular formula is C24H26N4O6S. The highest BCUT2D eigenvalue weighted by atomic mass is 32.2. The molecule has 0 saturated carbocycles. The summed E-state index contributed by atoms with van der Waals surface area (Å²) < 4.78 is 33.0. The lowest BCUT2D eigenvalue weighted by Gasteiger charge is -2.36. The van der Waals surface area contributed by atoms with E-state index in [0.717, 1.165) is 10.8 Å². The van der Waals surface area contributed by atoms with Crippen LogP contribution >= 0.6 is 0 Å². The van der Waals surface area contributed by atoms with Crippen molar-refractivity contribution < 1.29 is 22.9 Å². The maximum absolute atomic E-state index is 13.2. The van der Waals surface area contributed by atoms with Crippen LogP contribution in [0.5, 0.6) is 5.75 Å². The van der Waals surface area contributed by atoms with Gasteiger partial charge < -0.3 is 10.1 Å². The third-order valence-electron chi connectivity index (χ3n) is 6.21. The highest BCUT2D eigenvalue weighted by molar-refractivity contribution is 7.89. The molecule has 1 fully saturated rings. The van der Waals surface area contributed by atoms with Gasteiger partial charge in [-0.25, -0.2) is 8.42 Å². The molecule has 0 aromatic heterocycles. The molecule has 3 aromatic carbocycles. The number of rotatable bonds is 7. The lowest BCUT2D eigenvalue weighted by molar-refractivity contribution is -0.384. The molecule has 1 unspecified atom stereocenters. The topological polar surface area (TPSA) is 122 Å². The second-order valence-electron chi connectivity index (χ2n) is 8.26. The molecule has 3 aromatic rings. The second kappa shape index (κ2) is 9.98. The van der Waals surface area contributed by atoms with E-state index in [1.165, 1.54) is 29.6 Å². The van der Waals surface area contributed by atoms with Crippen LogP contribution in [0.2, 0.25) is 0 Å². The van der Waals surface area contributed by atoms with Crippen molar-refractivity contribution in [2.45, 2.75) is 17.9 Å². The van der Waals surface area contributed by atoms with Crippen molar-refractivity contribution in [1.29, 1.82) is 0 Å². The van der Waals surface area contributed by atoms with E-state index in [2.05, 4.69) is 5.32 Å². The summed E-state index contributed by atoms with van der Waals surface area (Å²) in [6.45, 7) is 2.94. The summed E-state index contributed by atoms with van der Waals surface area (Å²) in [5, 5.41) is 15.6. The first-order chi connectivity index (χ1) is 16.7. The fourth-order valence-corrected chi connectivity index (χ4v) is 5.58.